The fourth-order valence-corrected chi connectivity index (χ4v) is 2.56. The van der Waals surface area contributed by atoms with Crippen molar-refractivity contribution in [2.75, 3.05) is 19.7 Å². The van der Waals surface area contributed by atoms with Gasteiger partial charge in [0.15, 0.2) is 0 Å². The van der Waals surface area contributed by atoms with E-state index in [0.29, 0.717) is 31.0 Å². The van der Waals surface area contributed by atoms with Crippen LogP contribution in [0, 0.1) is 0 Å². The molecule has 0 unspecified atom stereocenters. The maximum Gasteiger partial charge on any atom is 0.416 e. The van der Waals surface area contributed by atoms with Crippen LogP contribution in [0.1, 0.15) is 22.9 Å². The molecule has 128 valence electrons. The molecule has 1 fully saturated rings. The summed E-state index contributed by atoms with van der Waals surface area (Å²) in [5.74, 6) is -0.121. The van der Waals surface area contributed by atoms with Crippen LogP contribution >= 0.6 is 0 Å². The van der Waals surface area contributed by atoms with E-state index in [2.05, 4.69) is 5.16 Å². The van der Waals surface area contributed by atoms with Crippen LogP contribution in [0.25, 0.3) is 0 Å². The number of amides is 1. The smallest absolute Gasteiger partial charge is 0.370 e. The second kappa shape index (κ2) is 6.64. The number of rotatable bonds is 3. The van der Waals surface area contributed by atoms with Gasteiger partial charge in [-0.3, -0.25) is 4.79 Å². The first kappa shape index (κ1) is 16.5. The van der Waals surface area contributed by atoms with Gasteiger partial charge in [0, 0.05) is 12.6 Å². The van der Waals surface area contributed by atoms with Crippen LogP contribution in [-0.2, 0) is 22.1 Å². The number of morpholine rings is 1. The summed E-state index contributed by atoms with van der Waals surface area (Å²) in [6.07, 6.45) is -3.29. The Morgan fingerprint density at radius 2 is 2.00 bits per heavy atom. The molecule has 0 aliphatic carbocycles. The van der Waals surface area contributed by atoms with E-state index in [1.54, 1.807) is 11.0 Å². The summed E-state index contributed by atoms with van der Waals surface area (Å²) >= 11 is 0. The topological polar surface area (TPSA) is 55.6 Å². The number of halogens is 3. The van der Waals surface area contributed by atoms with Crippen LogP contribution < -0.4 is 0 Å². The van der Waals surface area contributed by atoms with Crippen molar-refractivity contribution in [3.63, 3.8) is 0 Å². The highest BCUT2D eigenvalue weighted by Gasteiger charge is 2.31. The van der Waals surface area contributed by atoms with E-state index in [4.69, 9.17) is 9.26 Å². The number of hydrogen-bond acceptors (Lipinski definition) is 4. The lowest BCUT2D eigenvalue weighted by atomic mass is 10.0. The number of nitrogens with zero attached hydrogens (tertiary/aromatic N) is 2. The Labute approximate surface area is 136 Å². The monoisotopic (exact) mass is 340 g/mol. The van der Waals surface area contributed by atoms with Crippen LogP contribution in [-0.4, -0.2) is 35.7 Å². The minimum absolute atomic E-state index is 0.121. The summed E-state index contributed by atoms with van der Waals surface area (Å²) in [7, 11) is 0. The van der Waals surface area contributed by atoms with Crippen molar-refractivity contribution in [3.05, 3.63) is 53.4 Å². The zero-order chi connectivity index (χ0) is 17.2. The maximum atomic E-state index is 12.6. The van der Waals surface area contributed by atoms with E-state index < -0.39 is 17.8 Å². The van der Waals surface area contributed by atoms with E-state index in [1.807, 2.05) is 0 Å². The number of aromatic nitrogens is 1. The standard InChI is InChI=1S/C16H15F3N2O3/c17-16(18,19)12-3-1-11(2-4-12)14-10-21(6-8-23-14)15(22)9-13-5-7-24-20-13/h1-5,7,14H,6,8-10H2/t14-/m0/s1. The van der Waals surface area contributed by atoms with Gasteiger partial charge in [-0.15, -0.1) is 0 Å². The molecule has 24 heavy (non-hydrogen) atoms. The Kier molecular flexibility index (Phi) is 4.57. The SMILES string of the molecule is O=C(Cc1ccon1)N1CCO[C@H](c2ccc(C(F)(F)F)cc2)C1. The molecule has 8 heteroatoms. The highest BCUT2D eigenvalue weighted by atomic mass is 19.4. The number of carbonyl (C=O) groups is 1. The fraction of sp³-hybridized carbons (Fsp3) is 0.375. The second-order valence-electron chi connectivity index (χ2n) is 5.49. The zero-order valence-corrected chi connectivity index (χ0v) is 12.6. The lowest BCUT2D eigenvalue weighted by Gasteiger charge is -2.33. The van der Waals surface area contributed by atoms with Gasteiger partial charge in [-0.1, -0.05) is 17.3 Å². The van der Waals surface area contributed by atoms with Crippen molar-refractivity contribution < 1.29 is 27.2 Å². The second-order valence-corrected chi connectivity index (χ2v) is 5.49. The summed E-state index contributed by atoms with van der Waals surface area (Å²) in [5, 5.41) is 3.70. The van der Waals surface area contributed by atoms with E-state index in [1.165, 1.54) is 18.4 Å². The number of alkyl halides is 3. The molecule has 0 saturated carbocycles. The molecule has 2 aromatic rings. The largest absolute Gasteiger partial charge is 0.416 e. The van der Waals surface area contributed by atoms with Crippen LogP contribution in [0.2, 0.25) is 0 Å². The maximum absolute atomic E-state index is 12.6. The molecular formula is C16H15F3N2O3. The first-order valence-corrected chi connectivity index (χ1v) is 7.39. The van der Waals surface area contributed by atoms with Gasteiger partial charge in [0.25, 0.3) is 0 Å². The van der Waals surface area contributed by atoms with E-state index in [0.717, 1.165) is 12.1 Å². The molecule has 1 atom stereocenters. The number of ether oxygens (including phenoxy) is 1. The Hall–Kier alpha value is -2.35. The highest BCUT2D eigenvalue weighted by molar-refractivity contribution is 5.78. The molecule has 0 spiro atoms. The highest BCUT2D eigenvalue weighted by Crippen LogP contribution is 2.31. The van der Waals surface area contributed by atoms with Gasteiger partial charge in [0.2, 0.25) is 5.91 Å². The van der Waals surface area contributed by atoms with Crippen LogP contribution in [0.5, 0.6) is 0 Å². The molecule has 0 radical (unpaired) electrons. The van der Waals surface area contributed by atoms with Crippen LogP contribution in [0.4, 0.5) is 13.2 Å². The van der Waals surface area contributed by atoms with Crippen LogP contribution in [0.3, 0.4) is 0 Å². The van der Waals surface area contributed by atoms with Gasteiger partial charge in [-0.25, -0.2) is 0 Å². The van der Waals surface area contributed by atoms with Gasteiger partial charge in [0.1, 0.15) is 12.4 Å². The van der Waals surface area contributed by atoms with Crippen molar-refractivity contribution in [2.45, 2.75) is 18.7 Å². The van der Waals surface area contributed by atoms with Crippen molar-refractivity contribution >= 4 is 5.91 Å². The van der Waals surface area contributed by atoms with E-state index in [-0.39, 0.29) is 12.3 Å². The summed E-state index contributed by atoms with van der Waals surface area (Å²) in [4.78, 5) is 13.9. The molecule has 0 bridgehead atoms. The minimum Gasteiger partial charge on any atom is -0.370 e. The van der Waals surface area contributed by atoms with E-state index >= 15 is 0 Å². The lowest BCUT2D eigenvalue weighted by Crippen LogP contribution is -2.43. The third kappa shape index (κ3) is 3.76. The molecule has 1 aliphatic rings. The Bertz CT molecular complexity index is 684. The summed E-state index contributed by atoms with van der Waals surface area (Å²) in [6, 6.07) is 6.44. The van der Waals surface area contributed by atoms with Crippen LogP contribution in [0.15, 0.2) is 41.1 Å². The quantitative estimate of drug-likeness (QED) is 0.862. The van der Waals surface area contributed by atoms with E-state index in [9.17, 15) is 18.0 Å². The molecule has 1 aromatic heterocycles. The molecule has 1 aliphatic heterocycles. The summed E-state index contributed by atoms with van der Waals surface area (Å²) in [5.41, 5.74) is 0.445. The predicted molar refractivity (Wildman–Crippen MR) is 76.9 cm³/mol. The predicted octanol–water partition coefficient (Wildman–Crippen LogP) is 2.84. The Balaban J connectivity index is 1.65. The molecule has 1 aromatic carbocycles. The average molecular weight is 340 g/mol. The normalized spacial score (nSPS) is 18.6. The summed E-state index contributed by atoms with van der Waals surface area (Å²) in [6.45, 7) is 1.06. The van der Waals surface area contributed by atoms with Crippen molar-refractivity contribution in [1.29, 1.82) is 0 Å². The lowest BCUT2D eigenvalue weighted by molar-refractivity contribution is -0.138. The molecule has 5 nitrogen and oxygen atoms in total. The van der Waals surface area contributed by atoms with Gasteiger partial charge in [0.05, 0.1) is 30.8 Å². The Morgan fingerprint density at radius 1 is 1.25 bits per heavy atom. The molecule has 0 N–H and O–H groups in total. The van der Waals surface area contributed by atoms with Crippen molar-refractivity contribution in [3.8, 4) is 0 Å². The number of hydrogen-bond donors (Lipinski definition) is 0. The first-order valence-electron chi connectivity index (χ1n) is 7.39. The van der Waals surface area contributed by atoms with Crippen molar-refractivity contribution in [2.24, 2.45) is 0 Å². The molecular weight excluding hydrogens is 325 g/mol. The number of carbonyl (C=O) groups excluding carboxylic acids is 1. The zero-order valence-electron chi connectivity index (χ0n) is 12.6. The fourth-order valence-electron chi connectivity index (χ4n) is 2.56. The van der Waals surface area contributed by atoms with Gasteiger partial charge in [-0.2, -0.15) is 13.2 Å². The summed E-state index contributed by atoms with van der Waals surface area (Å²) < 4.78 is 48.1. The van der Waals surface area contributed by atoms with Gasteiger partial charge >= 0.3 is 6.18 Å². The Morgan fingerprint density at radius 3 is 2.62 bits per heavy atom. The van der Waals surface area contributed by atoms with Gasteiger partial charge in [-0.05, 0) is 17.7 Å². The number of benzene rings is 1. The average Bonchev–Trinajstić information content (AvgIpc) is 3.07. The first-order chi connectivity index (χ1) is 11.4. The molecule has 3 rings (SSSR count). The third-order valence-electron chi connectivity index (χ3n) is 3.85. The molecule has 1 amide bonds. The molecule has 1 saturated heterocycles. The third-order valence-corrected chi connectivity index (χ3v) is 3.85. The van der Waals surface area contributed by atoms with Crippen molar-refractivity contribution in [1.82, 2.24) is 10.1 Å². The van der Waals surface area contributed by atoms with Gasteiger partial charge < -0.3 is 14.2 Å². The minimum atomic E-state index is -4.37. The molecule has 2 heterocycles.